The quantitative estimate of drug-likeness (QED) is 0.875. The van der Waals surface area contributed by atoms with Gasteiger partial charge in [0.15, 0.2) is 0 Å². The van der Waals surface area contributed by atoms with E-state index in [-0.39, 0.29) is 5.41 Å². The van der Waals surface area contributed by atoms with Crippen molar-refractivity contribution in [3.63, 3.8) is 0 Å². The Hall–Kier alpha value is -1.06. The van der Waals surface area contributed by atoms with Crippen molar-refractivity contribution in [3.8, 4) is 0 Å². The predicted octanol–water partition coefficient (Wildman–Crippen LogP) is 2.77. The molecule has 106 valence electrons. The van der Waals surface area contributed by atoms with Crippen molar-refractivity contribution in [3.05, 3.63) is 29.8 Å². The highest BCUT2D eigenvalue weighted by Gasteiger charge is 2.13. The highest BCUT2D eigenvalue weighted by molar-refractivity contribution is 5.45. The number of hydrogen-bond donors (Lipinski definition) is 2. The van der Waals surface area contributed by atoms with Crippen molar-refractivity contribution in [2.45, 2.75) is 38.6 Å². The van der Waals surface area contributed by atoms with Crippen molar-refractivity contribution >= 4 is 5.69 Å². The van der Waals surface area contributed by atoms with E-state index < -0.39 is 0 Å². The van der Waals surface area contributed by atoms with Crippen LogP contribution in [-0.2, 0) is 10.2 Å². The van der Waals surface area contributed by atoms with Crippen LogP contribution in [-0.4, -0.2) is 32.3 Å². The lowest BCUT2D eigenvalue weighted by Gasteiger charge is -2.24. The molecule has 1 saturated heterocycles. The maximum atomic E-state index is 5.45. The van der Waals surface area contributed by atoms with E-state index in [1.807, 2.05) is 0 Å². The average Bonchev–Trinajstić information content (AvgIpc) is 2.39. The Morgan fingerprint density at radius 3 is 2.58 bits per heavy atom. The van der Waals surface area contributed by atoms with Gasteiger partial charge in [0.2, 0.25) is 0 Å². The molecule has 1 unspecified atom stereocenters. The van der Waals surface area contributed by atoms with E-state index in [1.165, 1.54) is 11.3 Å². The maximum absolute atomic E-state index is 5.45. The van der Waals surface area contributed by atoms with Gasteiger partial charge in [0.25, 0.3) is 0 Å². The van der Waals surface area contributed by atoms with Gasteiger partial charge in [0, 0.05) is 24.8 Å². The topological polar surface area (TPSA) is 33.3 Å². The van der Waals surface area contributed by atoms with Crippen LogP contribution in [0, 0.1) is 0 Å². The van der Waals surface area contributed by atoms with E-state index in [0.717, 1.165) is 32.7 Å². The van der Waals surface area contributed by atoms with E-state index in [9.17, 15) is 0 Å². The van der Waals surface area contributed by atoms with Crippen molar-refractivity contribution in [1.29, 1.82) is 0 Å². The number of hydrogen-bond acceptors (Lipinski definition) is 3. The smallest absolute Gasteiger partial charge is 0.0620 e. The summed E-state index contributed by atoms with van der Waals surface area (Å²) in [5.74, 6) is 0. The fourth-order valence-electron chi connectivity index (χ4n) is 2.28. The number of morpholine rings is 1. The zero-order chi connectivity index (χ0) is 13.7. The van der Waals surface area contributed by atoms with Gasteiger partial charge >= 0.3 is 0 Å². The average molecular weight is 262 g/mol. The minimum absolute atomic E-state index is 0.224. The van der Waals surface area contributed by atoms with Gasteiger partial charge in [-0.3, -0.25) is 0 Å². The fourth-order valence-corrected chi connectivity index (χ4v) is 2.28. The third-order valence-corrected chi connectivity index (χ3v) is 3.57. The first-order chi connectivity index (χ1) is 9.05. The molecule has 1 atom stereocenters. The van der Waals surface area contributed by atoms with E-state index >= 15 is 0 Å². The SMILES string of the molecule is CC(C)(C)c1ccc(NCCC2COCCN2)cc1. The van der Waals surface area contributed by atoms with Crippen molar-refractivity contribution in [1.82, 2.24) is 5.32 Å². The van der Waals surface area contributed by atoms with Crippen LogP contribution in [0.3, 0.4) is 0 Å². The van der Waals surface area contributed by atoms with Crippen LogP contribution in [0.15, 0.2) is 24.3 Å². The van der Waals surface area contributed by atoms with Gasteiger partial charge < -0.3 is 15.4 Å². The van der Waals surface area contributed by atoms with E-state index in [0.29, 0.717) is 6.04 Å². The summed E-state index contributed by atoms with van der Waals surface area (Å²) in [4.78, 5) is 0. The molecule has 1 aliphatic heterocycles. The molecule has 1 fully saturated rings. The summed E-state index contributed by atoms with van der Waals surface area (Å²) < 4.78 is 5.45. The molecule has 0 radical (unpaired) electrons. The minimum atomic E-state index is 0.224. The molecule has 0 spiro atoms. The molecule has 1 heterocycles. The second-order valence-corrected chi connectivity index (χ2v) is 6.27. The van der Waals surface area contributed by atoms with Crippen LogP contribution in [0.25, 0.3) is 0 Å². The Morgan fingerprint density at radius 1 is 1.26 bits per heavy atom. The van der Waals surface area contributed by atoms with Gasteiger partial charge in [-0.15, -0.1) is 0 Å². The zero-order valence-electron chi connectivity index (χ0n) is 12.3. The van der Waals surface area contributed by atoms with Gasteiger partial charge in [0.1, 0.15) is 0 Å². The zero-order valence-corrected chi connectivity index (χ0v) is 12.3. The Balaban J connectivity index is 1.76. The molecule has 0 aromatic heterocycles. The normalized spacial score (nSPS) is 20.3. The van der Waals surface area contributed by atoms with Crippen LogP contribution in [0.5, 0.6) is 0 Å². The first-order valence-corrected chi connectivity index (χ1v) is 7.21. The molecule has 1 aliphatic rings. The van der Waals surface area contributed by atoms with E-state index in [1.54, 1.807) is 0 Å². The lowest BCUT2D eigenvalue weighted by Crippen LogP contribution is -2.42. The number of benzene rings is 1. The monoisotopic (exact) mass is 262 g/mol. The highest BCUT2D eigenvalue weighted by atomic mass is 16.5. The summed E-state index contributed by atoms with van der Waals surface area (Å²) in [7, 11) is 0. The summed E-state index contributed by atoms with van der Waals surface area (Å²) in [6, 6.07) is 9.26. The van der Waals surface area contributed by atoms with Crippen LogP contribution < -0.4 is 10.6 Å². The molecule has 1 aromatic carbocycles. The molecule has 0 aliphatic carbocycles. The van der Waals surface area contributed by atoms with Crippen molar-refractivity contribution in [2.75, 3.05) is 31.6 Å². The molecular weight excluding hydrogens is 236 g/mol. The summed E-state index contributed by atoms with van der Waals surface area (Å²) in [5.41, 5.74) is 2.80. The minimum Gasteiger partial charge on any atom is -0.385 e. The number of rotatable bonds is 4. The summed E-state index contributed by atoms with van der Waals surface area (Å²) in [6.07, 6.45) is 1.10. The third-order valence-electron chi connectivity index (χ3n) is 3.57. The summed E-state index contributed by atoms with van der Waals surface area (Å²) in [6.45, 7) is 10.4. The van der Waals surface area contributed by atoms with Gasteiger partial charge in [0.05, 0.1) is 13.2 Å². The van der Waals surface area contributed by atoms with Gasteiger partial charge in [-0.05, 0) is 29.5 Å². The number of anilines is 1. The molecule has 0 bridgehead atoms. The van der Waals surface area contributed by atoms with Gasteiger partial charge in [-0.25, -0.2) is 0 Å². The predicted molar refractivity (Wildman–Crippen MR) is 80.9 cm³/mol. The second-order valence-electron chi connectivity index (χ2n) is 6.27. The fraction of sp³-hybridized carbons (Fsp3) is 0.625. The van der Waals surface area contributed by atoms with Crippen LogP contribution in [0.2, 0.25) is 0 Å². The summed E-state index contributed by atoms with van der Waals surface area (Å²) in [5, 5.41) is 6.94. The lowest BCUT2D eigenvalue weighted by atomic mass is 9.87. The highest BCUT2D eigenvalue weighted by Crippen LogP contribution is 2.23. The standard InChI is InChI=1S/C16H26N2O/c1-16(2,3)13-4-6-14(7-5-13)17-9-8-15-12-19-11-10-18-15/h4-7,15,17-18H,8-12H2,1-3H3. The first kappa shape index (κ1) is 14.4. The molecule has 19 heavy (non-hydrogen) atoms. The molecular formula is C16H26N2O. The third kappa shape index (κ3) is 4.51. The van der Waals surface area contributed by atoms with Gasteiger partial charge in [-0.1, -0.05) is 32.9 Å². The molecule has 3 heteroatoms. The number of ether oxygens (including phenoxy) is 1. The van der Waals surface area contributed by atoms with Crippen LogP contribution in [0.1, 0.15) is 32.8 Å². The Bertz CT molecular complexity index is 375. The maximum Gasteiger partial charge on any atom is 0.0620 e. The second kappa shape index (κ2) is 6.40. The van der Waals surface area contributed by atoms with Gasteiger partial charge in [-0.2, -0.15) is 0 Å². The van der Waals surface area contributed by atoms with Crippen LogP contribution in [0.4, 0.5) is 5.69 Å². The number of nitrogens with one attached hydrogen (secondary N) is 2. The lowest BCUT2D eigenvalue weighted by molar-refractivity contribution is 0.0753. The largest absolute Gasteiger partial charge is 0.385 e. The van der Waals surface area contributed by atoms with Crippen molar-refractivity contribution in [2.24, 2.45) is 0 Å². The summed E-state index contributed by atoms with van der Waals surface area (Å²) >= 11 is 0. The Labute approximate surface area is 116 Å². The first-order valence-electron chi connectivity index (χ1n) is 7.21. The molecule has 3 nitrogen and oxygen atoms in total. The Morgan fingerprint density at radius 2 is 2.00 bits per heavy atom. The van der Waals surface area contributed by atoms with Crippen molar-refractivity contribution < 1.29 is 4.74 Å². The molecule has 0 amide bonds. The molecule has 2 N–H and O–H groups in total. The molecule has 0 saturated carbocycles. The van der Waals surface area contributed by atoms with E-state index in [2.05, 4.69) is 55.7 Å². The molecule has 2 rings (SSSR count). The molecule has 1 aromatic rings. The van der Waals surface area contributed by atoms with E-state index in [4.69, 9.17) is 4.74 Å². The van der Waals surface area contributed by atoms with Crippen LogP contribution >= 0.6 is 0 Å². The Kier molecular flexibility index (Phi) is 4.83.